The predicted octanol–water partition coefficient (Wildman–Crippen LogP) is 2.54. The molecule has 4 nitrogen and oxygen atoms in total. The van der Waals surface area contributed by atoms with E-state index in [1.54, 1.807) is 0 Å². The van der Waals surface area contributed by atoms with Crippen LogP contribution in [0, 0.1) is 6.92 Å². The summed E-state index contributed by atoms with van der Waals surface area (Å²) in [5, 5.41) is 12.8. The zero-order valence-electron chi connectivity index (χ0n) is 11.9. The van der Waals surface area contributed by atoms with E-state index in [2.05, 4.69) is 26.1 Å². The average molecular weight is 341 g/mol. The van der Waals surface area contributed by atoms with Gasteiger partial charge in [0, 0.05) is 23.2 Å². The van der Waals surface area contributed by atoms with Crippen molar-refractivity contribution in [2.45, 2.75) is 32.3 Å². The molecule has 1 amide bonds. The van der Waals surface area contributed by atoms with E-state index in [0.717, 1.165) is 41.7 Å². The SMILES string of the molecule is Cc1cc(NC(=O)CN2CCC(C)(O)CC2)ccc1Br. The Balaban J connectivity index is 1.85. The highest BCUT2D eigenvalue weighted by Crippen LogP contribution is 2.22. The summed E-state index contributed by atoms with van der Waals surface area (Å²) < 4.78 is 1.04. The zero-order chi connectivity index (χ0) is 14.8. The molecule has 1 aromatic rings. The van der Waals surface area contributed by atoms with Crippen LogP contribution in [-0.4, -0.2) is 41.1 Å². The van der Waals surface area contributed by atoms with Gasteiger partial charge in [0.1, 0.15) is 0 Å². The molecule has 0 bridgehead atoms. The molecule has 2 rings (SSSR count). The number of rotatable bonds is 3. The average Bonchev–Trinajstić information content (AvgIpc) is 2.36. The van der Waals surface area contributed by atoms with Crippen LogP contribution in [0.2, 0.25) is 0 Å². The number of likely N-dealkylation sites (tertiary alicyclic amines) is 1. The number of hydrogen-bond donors (Lipinski definition) is 2. The fourth-order valence-electron chi connectivity index (χ4n) is 2.32. The molecule has 0 unspecified atom stereocenters. The predicted molar refractivity (Wildman–Crippen MR) is 83.8 cm³/mol. The summed E-state index contributed by atoms with van der Waals surface area (Å²) in [6.45, 7) is 5.76. The fraction of sp³-hybridized carbons (Fsp3) is 0.533. The van der Waals surface area contributed by atoms with E-state index in [1.165, 1.54) is 0 Å². The minimum atomic E-state index is -0.574. The molecule has 1 aromatic carbocycles. The van der Waals surface area contributed by atoms with E-state index in [4.69, 9.17) is 0 Å². The molecule has 20 heavy (non-hydrogen) atoms. The van der Waals surface area contributed by atoms with E-state index < -0.39 is 5.60 Å². The van der Waals surface area contributed by atoms with Crippen LogP contribution in [0.3, 0.4) is 0 Å². The van der Waals surface area contributed by atoms with E-state index in [0.29, 0.717) is 6.54 Å². The van der Waals surface area contributed by atoms with Crippen molar-refractivity contribution in [3.63, 3.8) is 0 Å². The second-order valence-corrected chi connectivity index (χ2v) is 6.64. The number of carbonyl (C=O) groups excluding carboxylic acids is 1. The van der Waals surface area contributed by atoms with E-state index in [9.17, 15) is 9.90 Å². The van der Waals surface area contributed by atoms with Crippen LogP contribution < -0.4 is 5.32 Å². The van der Waals surface area contributed by atoms with E-state index in [1.807, 2.05) is 32.0 Å². The van der Waals surface area contributed by atoms with Gasteiger partial charge in [0.05, 0.1) is 12.1 Å². The number of piperidine rings is 1. The Labute approximate surface area is 128 Å². The maximum absolute atomic E-state index is 12.0. The number of nitrogens with zero attached hydrogens (tertiary/aromatic N) is 1. The second-order valence-electron chi connectivity index (χ2n) is 5.79. The topological polar surface area (TPSA) is 52.6 Å². The van der Waals surface area contributed by atoms with Crippen molar-refractivity contribution in [2.24, 2.45) is 0 Å². The Hall–Kier alpha value is -0.910. The van der Waals surface area contributed by atoms with Crippen LogP contribution >= 0.6 is 15.9 Å². The third kappa shape index (κ3) is 4.30. The monoisotopic (exact) mass is 340 g/mol. The Morgan fingerprint density at radius 1 is 1.45 bits per heavy atom. The summed E-state index contributed by atoms with van der Waals surface area (Å²) in [5.41, 5.74) is 1.34. The molecule has 0 spiro atoms. The van der Waals surface area contributed by atoms with Crippen molar-refractivity contribution in [3.05, 3.63) is 28.2 Å². The molecule has 1 aliphatic heterocycles. The van der Waals surface area contributed by atoms with Crippen molar-refractivity contribution in [2.75, 3.05) is 25.0 Å². The summed E-state index contributed by atoms with van der Waals surface area (Å²) in [7, 11) is 0. The van der Waals surface area contributed by atoms with E-state index >= 15 is 0 Å². The maximum Gasteiger partial charge on any atom is 0.238 e. The minimum absolute atomic E-state index is 0.00624. The van der Waals surface area contributed by atoms with Gasteiger partial charge in [0.2, 0.25) is 5.91 Å². The molecule has 1 aliphatic rings. The number of carbonyl (C=O) groups is 1. The van der Waals surface area contributed by atoms with Crippen molar-refractivity contribution in [3.8, 4) is 0 Å². The molecule has 5 heteroatoms. The molecule has 0 atom stereocenters. The van der Waals surface area contributed by atoms with Crippen LogP contribution in [0.5, 0.6) is 0 Å². The number of aryl methyl sites for hydroxylation is 1. The fourth-order valence-corrected chi connectivity index (χ4v) is 2.57. The number of nitrogens with one attached hydrogen (secondary N) is 1. The molecule has 0 radical (unpaired) electrons. The first kappa shape index (κ1) is 15.5. The van der Waals surface area contributed by atoms with Crippen LogP contribution in [-0.2, 0) is 4.79 Å². The van der Waals surface area contributed by atoms with Gasteiger partial charge in [0.15, 0.2) is 0 Å². The lowest BCUT2D eigenvalue weighted by Crippen LogP contribution is -2.45. The summed E-state index contributed by atoms with van der Waals surface area (Å²) in [4.78, 5) is 14.1. The number of benzene rings is 1. The Kier molecular flexibility index (Phi) is 4.83. The lowest BCUT2D eigenvalue weighted by molar-refractivity contribution is -0.118. The molecule has 2 N–H and O–H groups in total. The maximum atomic E-state index is 12.0. The third-order valence-electron chi connectivity index (χ3n) is 3.74. The summed E-state index contributed by atoms with van der Waals surface area (Å²) in [6, 6.07) is 5.77. The lowest BCUT2D eigenvalue weighted by atomic mass is 9.94. The van der Waals surface area contributed by atoms with Gasteiger partial charge >= 0.3 is 0 Å². The highest BCUT2D eigenvalue weighted by atomic mass is 79.9. The van der Waals surface area contributed by atoms with Crippen LogP contribution in [0.1, 0.15) is 25.3 Å². The Bertz CT molecular complexity index is 493. The van der Waals surface area contributed by atoms with Gasteiger partial charge in [-0.1, -0.05) is 15.9 Å². The number of hydrogen-bond acceptors (Lipinski definition) is 3. The first-order valence-corrected chi connectivity index (χ1v) is 7.66. The van der Waals surface area contributed by atoms with Gasteiger partial charge in [-0.05, 0) is 50.5 Å². The zero-order valence-corrected chi connectivity index (χ0v) is 13.5. The first-order valence-electron chi connectivity index (χ1n) is 6.86. The van der Waals surface area contributed by atoms with Crippen molar-refractivity contribution in [1.82, 2.24) is 4.90 Å². The molecule has 0 aromatic heterocycles. The molecule has 0 saturated carbocycles. The molecule has 1 fully saturated rings. The van der Waals surface area contributed by atoms with Crippen LogP contribution in [0.15, 0.2) is 22.7 Å². The van der Waals surface area contributed by atoms with Crippen LogP contribution in [0.4, 0.5) is 5.69 Å². The summed E-state index contributed by atoms with van der Waals surface area (Å²) in [5.74, 6) is -0.00624. The van der Waals surface area contributed by atoms with Crippen molar-refractivity contribution in [1.29, 1.82) is 0 Å². The Morgan fingerprint density at radius 3 is 2.70 bits per heavy atom. The molecule has 1 heterocycles. The number of anilines is 1. The normalized spacial score (nSPS) is 18.8. The molecular formula is C15H21BrN2O2. The highest BCUT2D eigenvalue weighted by molar-refractivity contribution is 9.10. The number of aliphatic hydroxyl groups is 1. The minimum Gasteiger partial charge on any atom is -0.390 e. The number of halogens is 1. The van der Waals surface area contributed by atoms with Crippen LogP contribution in [0.25, 0.3) is 0 Å². The quantitative estimate of drug-likeness (QED) is 0.888. The molecule has 0 aliphatic carbocycles. The lowest BCUT2D eigenvalue weighted by Gasteiger charge is -2.35. The summed E-state index contributed by atoms with van der Waals surface area (Å²) in [6.07, 6.45) is 1.44. The highest BCUT2D eigenvalue weighted by Gasteiger charge is 2.27. The Morgan fingerprint density at radius 2 is 2.10 bits per heavy atom. The summed E-state index contributed by atoms with van der Waals surface area (Å²) >= 11 is 3.44. The van der Waals surface area contributed by atoms with Gasteiger partial charge in [-0.3, -0.25) is 9.69 Å². The molecule has 1 saturated heterocycles. The van der Waals surface area contributed by atoms with Gasteiger partial charge < -0.3 is 10.4 Å². The molecule has 110 valence electrons. The standard InChI is InChI=1S/C15H21BrN2O2/c1-11-9-12(3-4-13(11)16)17-14(19)10-18-7-5-15(2,20)6-8-18/h3-4,9,20H,5-8,10H2,1-2H3,(H,17,19). The van der Waals surface area contributed by atoms with Gasteiger partial charge in [-0.25, -0.2) is 0 Å². The third-order valence-corrected chi connectivity index (χ3v) is 4.63. The number of amides is 1. The van der Waals surface area contributed by atoms with Gasteiger partial charge in [-0.15, -0.1) is 0 Å². The molecular weight excluding hydrogens is 320 g/mol. The van der Waals surface area contributed by atoms with E-state index in [-0.39, 0.29) is 5.91 Å². The second kappa shape index (κ2) is 6.24. The largest absolute Gasteiger partial charge is 0.390 e. The smallest absolute Gasteiger partial charge is 0.238 e. The van der Waals surface area contributed by atoms with Gasteiger partial charge in [0.25, 0.3) is 0 Å². The first-order chi connectivity index (χ1) is 9.35. The van der Waals surface area contributed by atoms with Crippen molar-refractivity contribution >= 4 is 27.5 Å². The van der Waals surface area contributed by atoms with Crippen molar-refractivity contribution < 1.29 is 9.90 Å². The van der Waals surface area contributed by atoms with Gasteiger partial charge in [-0.2, -0.15) is 0 Å².